The molecule has 1 atom stereocenters. The number of benzene rings is 1. The van der Waals surface area contributed by atoms with Crippen molar-refractivity contribution in [3.8, 4) is 0 Å². The zero-order chi connectivity index (χ0) is 22.2. The SMILES string of the molecule is Cc1ccc(C(O)(Cc2nc(CNS(=O)(=O)c3ccc(F)cc3)no2)C(F)(F)F)o1. The van der Waals surface area contributed by atoms with Gasteiger partial charge in [-0.25, -0.2) is 17.5 Å². The summed E-state index contributed by atoms with van der Waals surface area (Å²) >= 11 is 0. The van der Waals surface area contributed by atoms with E-state index in [9.17, 15) is 31.1 Å². The van der Waals surface area contributed by atoms with Crippen LogP contribution in [0.15, 0.2) is 50.2 Å². The number of nitrogens with zero attached hydrogens (tertiary/aromatic N) is 2. The van der Waals surface area contributed by atoms with E-state index in [2.05, 4.69) is 14.9 Å². The van der Waals surface area contributed by atoms with Crippen molar-refractivity contribution in [2.24, 2.45) is 0 Å². The highest BCUT2D eigenvalue weighted by molar-refractivity contribution is 7.89. The van der Waals surface area contributed by atoms with Gasteiger partial charge in [-0.1, -0.05) is 5.16 Å². The van der Waals surface area contributed by atoms with Gasteiger partial charge < -0.3 is 14.0 Å². The van der Waals surface area contributed by atoms with E-state index < -0.39 is 52.2 Å². The molecule has 0 radical (unpaired) electrons. The van der Waals surface area contributed by atoms with Crippen molar-refractivity contribution in [1.82, 2.24) is 14.9 Å². The van der Waals surface area contributed by atoms with E-state index in [4.69, 9.17) is 8.94 Å². The Labute approximate surface area is 167 Å². The number of alkyl halides is 3. The molecule has 30 heavy (non-hydrogen) atoms. The van der Waals surface area contributed by atoms with Crippen molar-refractivity contribution in [3.63, 3.8) is 0 Å². The maximum atomic E-state index is 13.5. The zero-order valence-electron chi connectivity index (χ0n) is 15.3. The van der Waals surface area contributed by atoms with Gasteiger partial charge in [0.25, 0.3) is 0 Å². The van der Waals surface area contributed by atoms with E-state index in [1.54, 1.807) is 0 Å². The zero-order valence-corrected chi connectivity index (χ0v) is 16.1. The first-order chi connectivity index (χ1) is 13.9. The number of hydrogen-bond acceptors (Lipinski definition) is 7. The quantitative estimate of drug-likeness (QED) is 0.532. The number of nitrogens with one attached hydrogen (secondary N) is 1. The second kappa shape index (κ2) is 7.81. The molecule has 1 aromatic carbocycles. The van der Waals surface area contributed by atoms with Gasteiger partial charge in [-0.15, -0.1) is 0 Å². The molecule has 2 aromatic heterocycles. The van der Waals surface area contributed by atoms with Crippen LogP contribution >= 0.6 is 0 Å². The fourth-order valence-electron chi connectivity index (χ4n) is 2.49. The summed E-state index contributed by atoms with van der Waals surface area (Å²) in [6.07, 6.45) is -6.25. The molecule has 0 aliphatic carbocycles. The molecule has 0 saturated heterocycles. The molecule has 3 rings (SSSR count). The lowest BCUT2D eigenvalue weighted by atomic mass is 9.96. The molecule has 0 amide bonds. The summed E-state index contributed by atoms with van der Waals surface area (Å²) in [6, 6.07) is 6.22. The normalized spacial score (nSPS) is 14.6. The smallest absolute Gasteiger partial charge is 0.425 e. The summed E-state index contributed by atoms with van der Waals surface area (Å²) < 4.78 is 89.5. The van der Waals surface area contributed by atoms with E-state index in [0.29, 0.717) is 0 Å². The molecule has 0 saturated carbocycles. The number of rotatable bonds is 7. The summed E-state index contributed by atoms with van der Waals surface area (Å²) in [4.78, 5) is 3.46. The van der Waals surface area contributed by atoms with Gasteiger partial charge in [0.2, 0.25) is 21.5 Å². The maximum Gasteiger partial charge on any atom is 0.425 e. The molecular formula is C17H15F4N3O5S. The molecule has 8 nitrogen and oxygen atoms in total. The van der Waals surface area contributed by atoms with Crippen molar-refractivity contribution in [2.75, 3.05) is 0 Å². The van der Waals surface area contributed by atoms with Crippen LogP contribution in [0.3, 0.4) is 0 Å². The van der Waals surface area contributed by atoms with E-state index in [1.807, 2.05) is 0 Å². The minimum absolute atomic E-state index is 0.161. The molecule has 2 N–H and O–H groups in total. The largest absolute Gasteiger partial charge is 0.463 e. The monoisotopic (exact) mass is 449 g/mol. The van der Waals surface area contributed by atoms with Crippen LogP contribution in [0.2, 0.25) is 0 Å². The number of aliphatic hydroxyl groups is 1. The first kappa shape index (κ1) is 21.9. The van der Waals surface area contributed by atoms with Crippen molar-refractivity contribution in [3.05, 3.63) is 65.5 Å². The predicted molar refractivity (Wildman–Crippen MR) is 91.8 cm³/mol. The third-order valence-electron chi connectivity index (χ3n) is 4.08. The highest BCUT2D eigenvalue weighted by Crippen LogP contribution is 2.41. The van der Waals surface area contributed by atoms with Crippen LogP contribution in [0, 0.1) is 12.7 Å². The average Bonchev–Trinajstić information content (AvgIpc) is 3.28. The Bertz CT molecular complexity index is 1120. The molecule has 0 fully saturated rings. The molecule has 1 unspecified atom stereocenters. The molecule has 0 aliphatic rings. The van der Waals surface area contributed by atoms with Crippen LogP contribution in [0.25, 0.3) is 0 Å². The Kier molecular flexibility index (Phi) is 5.71. The van der Waals surface area contributed by atoms with Gasteiger partial charge in [-0.2, -0.15) is 18.2 Å². The number of halogens is 4. The fourth-order valence-corrected chi connectivity index (χ4v) is 3.47. The molecule has 0 aliphatic heterocycles. The van der Waals surface area contributed by atoms with Crippen LogP contribution in [0.5, 0.6) is 0 Å². The van der Waals surface area contributed by atoms with Crippen LogP contribution in [-0.2, 0) is 28.6 Å². The van der Waals surface area contributed by atoms with Crippen molar-refractivity contribution in [1.29, 1.82) is 0 Å². The maximum absolute atomic E-state index is 13.5. The van der Waals surface area contributed by atoms with Crippen molar-refractivity contribution >= 4 is 10.0 Å². The second-order valence-corrected chi connectivity index (χ2v) is 8.09. The van der Waals surface area contributed by atoms with E-state index >= 15 is 0 Å². The number of hydrogen-bond donors (Lipinski definition) is 2. The highest BCUT2D eigenvalue weighted by Gasteiger charge is 2.58. The van der Waals surface area contributed by atoms with E-state index in [0.717, 1.165) is 30.3 Å². The third-order valence-corrected chi connectivity index (χ3v) is 5.50. The van der Waals surface area contributed by atoms with Crippen molar-refractivity contribution < 1.29 is 40.0 Å². The molecule has 162 valence electrons. The van der Waals surface area contributed by atoms with Gasteiger partial charge >= 0.3 is 6.18 Å². The summed E-state index contributed by atoms with van der Waals surface area (Å²) in [5.41, 5.74) is -3.42. The minimum atomic E-state index is -5.11. The topological polar surface area (TPSA) is 118 Å². The highest BCUT2D eigenvalue weighted by atomic mass is 32.2. The Morgan fingerprint density at radius 1 is 1.13 bits per heavy atom. The number of furan rings is 1. The van der Waals surface area contributed by atoms with Crippen molar-refractivity contribution in [2.45, 2.75) is 36.6 Å². The summed E-state index contributed by atoms with van der Waals surface area (Å²) in [6.45, 7) is 0.909. The van der Waals surface area contributed by atoms with Gasteiger partial charge in [-0.3, -0.25) is 0 Å². The van der Waals surface area contributed by atoms with Gasteiger partial charge in [0.15, 0.2) is 5.82 Å². The second-order valence-electron chi connectivity index (χ2n) is 6.33. The molecular weight excluding hydrogens is 434 g/mol. The van der Waals surface area contributed by atoms with Crippen LogP contribution in [0.4, 0.5) is 17.6 Å². The lowest BCUT2D eigenvalue weighted by Gasteiger charge is -2.27. The molecule has 3 aromatic rings. The minimum Gasteiger partial charge on any atom is -0.463 e. The lowest BCUT2D eigenvalue weighted by molar-refractivity contribution is -0.273. The van der Waals surface area contributed by atoms with Gasteiger partial charge in [-0.05, 0) is 43.3 Å². The fraction of sp³-hybridized carbons (Fsp3) is 0.294. The molecule has 0 bridgehead atoms. The lowest BCUT2D eigenvalue weighted by Crippen LogP contribution is -2.44. The Hall–Kier alpha value is -2.77. The Morgan fingerprint density at radius 3 is 2.37 bits per heavy atom. The Balaban J connectivity index is 1.74. The van der Waals surface area contributed by atoms with Crippen LogP contribution in [0.1, 0.15) is 23.2 Å². The molecule has 2 heterocycles. The first-order valence-corrected chi connectivity index (χ1v) is 9.82. The van der Waals surface area contributed by atoms with Gasteiger partial charge in [0.1, 0.15) is 17.3 Å². The number of sulfonamides is 1. The summed E-state index contributed by atoms with van der Waals surface area (Å²) in [5.74, 6) is -2.06. The Morgan fingerprint density at radius 2 is 1.80 bits per heavy atom. The standard InChI is InChI=1S/C17H15F4N3O5S/c1-10-2-7-13(28-10)16(25,17(19,20)21)8-15-23-14(24-29-15)9-22-30(26,27)12-5-3-11(18)4-6-12/h2-7,22,25H,8-9H2,1H3. The number of aryl methyl sites for hydroxylation is 1. The average molecular weight is 449 g/mol. The molecule has 0 spiro atoms. The summed E-state index contributed by atoms with van der Waals surface area (Å²) in [7, 11) is -4.05. The summed E-state index contributed by atoms with van der Waals surface area (Å²) in [5, 5.41) is 13.6. The van der Waals surface area contributed by atoms with Gasteiger partial charge in [0, 0.05) is 0 Å². The van der Waals surface area contributed by atoms with E-state index in [-0.39, 0.29) is 16.5 Å². The first-order valence-electron chi connectivity index (χ1n) is 8.33. The van der Waals surface area contributed by atoms with Gasteiger partial charge in [0.05, 0.1) is 17.9 Å². The van der Waals surface area contributed by atoms with Crippen LogP contribution in [-0.4, -0.2) is 29.8 Å². The van der Waals surface area contributed by atoms with E-state index in [1.165, 1.54) is 13.0 Å². The van der Waals surface area contributed by atoms with Crippen LogP contribution < -0.4 is 4.72 Å². The third kappa shape index (κ3) is 4.52. The molecule has 13 heteroatoms. The predicted octanol–water partition coefficient (Wildman–Crippen LogP) is 2.58. The number of aromatic nitrogens is 2.